The maximum absolute atomic E-state index is 13.2. The van der Waals surface area contributed by atoms with E-state index >= 15 is 0 Å². The van der Waals surface area contributed by atoms with Gasteiger partial charge in [-0.1, -0.05) is 18.2 Å². The summed E-state index contributed by atoms with van der Waals surface area (Å²) in [5.41, 5.74) is 2.49. The highest BCUT2D eigenvalue weighted by Crippen LogP contribution is 2.24. The lowest BCUT2D eigenvalue weighted by atomic mass is 10.2. The molecule has 0 amide bonds. The Balaban J connectivity index is 1.89. The van der Waals surface area contributed by atoms with E-state index in [1.807, 2.05) is 38.1 Å². The van der Waals surface area contributed by atoms with Crippen molar-refractivity contribution in [2.24, 2.45) is 0 Å². The highest BCUT2D eigenvalue weighted by Gasteiger charge is 2.13. The number of hydrogen-bond acceptors (Lipinski definition) is 2. The molecule has 0 radical (unpaired) electrons. The van der Waals surface area contributed by atoms with E-state index in [0.717, 1.165) is 16.8 Å². The van der Waals surface area contributed by atoms with Gasteiger partial charge in [-0.15, -0.1) is 0 Å². The molecule has 3 nitrogen and oxygen atoms in total. The lowest BCUT2D eigenvalue weighted by Gasteiger charge is -2.14. The summed E-state index contributed by atoms with van der Waals surface area (Å²) in [7, 11) is 0. The minimum Gasteiger partial charge on any atom is -0.483 e. The number of aromatic amines is 1. The van der Waals surface area contributed by atoms with Crippen LogP contribution in [0.1, 0.15) is 24.4 Å². The number of ether oxygens (including phenoxy) is 1. The van der Waals surface area contributed by atoms with Crippen molar-refractivity contribution in [3.63, 3.8) is 0 Å². The number of halogens is 1. The Morgan fingerprint density at radius 2 is 2.00 bits per heavy atom. The van der Waals surface area contributed by atoms with E-state index in [4.69, 9.17) is 4.74 Å². The van der Waals surface area contributed by atoms with Crippen LogP contribution < -0.4 is 4.74 Å². The summed E-state index contributed by atoms with van der Waals surface area (Å²) >= 11 is 0. The molecule has 4 heteroatoms. The Bertz CT molecular complexity index is 751. The largest absolute Gasteiger partial charge is 0.483 e. The molecule has 1 aromatic heterocycles. The summed E-state index contributed by atoms with van der Waals surface area (Å²) in [5, 5.41) is 0. The second-order valence-corrected chi connectivity index (χ2v) is 4.81. The van der Waals surface area contributed by atoms with E-state index in [-0.39, 0.29) is 11.9 Å². The van der Waals surface area contributed by atoms with Crippen molar-refractivity contribution in [2.75, 3.05) is 0 Å². The van der Waals surface area contributed by atoms with Gasteiger partial charge in [-0.2, -0.15) is 0 Å². The van der Waals surface area contributed by atoms with Crippen molar-refractivity contribution < 1.29 is 9.13 Å². The third-order valence-electron chi connectivity index (χ3n) is 3.24. The van der Waals surface area contributed by atoms with E-state index in [2.05, 4.69) is 9.97 Å². The molecule has 1 atom stereocenters. The summed E-state index contributed by atoms with van der Waals surface area (Å²) in [6, 6.07) is 12.3. The smallest absolute Gasteiger partial charge is 0.153 e. The third kappa shape index (κ3) is 2.37. The molecule has 20 heavy (non-hydrogen) atoms. The topological polar surface area (TPSA) is 37.9 Å². The molecule has 0 spiro atoms. The molecule has 0 saturated heterocycles. The van der Waals surface area contributed by atoms with Crippen molar-refractivity contribution in [1.82, 2.24) is 9.97 Å². The molecular weight excluding hydrogens is 255 g/mol. The van der Waals surface area contributed by atoms with Gasteiger partial charge in [0, 0.05) is 0 Å². The first-order chi connectivity index (χ1) is 9.63. The SMILES string of the molecule is Cc1ccccc1OC(C)c1nc2ccc(F)cc2[nH]1. The molecule has 2 aromatic carbocycles. The van der Waals surface area contributed by atoms with Crippen LogP contribution in [0, 0.1) is 12.7 Å². The number of rotatable bonds is 3. The van der Waals surface area contributed by atoms with Crippen molar-refractivity contribution in [3.05, 3.63) is 59.7 Å². The fraction of sp³-hybridized carbons (Fsp3) is 0.188. The Kier molecular flexibility index (Phi) is 3.14. The van der Waals surface area contributed by atoms with Gasteiger partial charge >= 0.3 is 0 Å². The zero-order chi connectivity index (χ0) is 14.1. The number of nitrogens with zero attached hydrogens (tertiary/aromatic N) is 1. The second kappa shape index (κ2) is 4.96. The Hall–Kier alpha value is -2.36. The minimum absolute atomic E-state index is 0.230. The van der Waals surface area contributed by atoms with Gasteiger partial charge in [0.25, 0.3) is 0 Å². The summed E-state index contributed by atoms with van der Waals surface area (Å²) < 4.78 is 19.1. The van der Waals surface area contributed by atoms with E-state index in [1.54, 1.807) is 6.07 Å². The fourth-order valence-electron chi connectivity index (χ4n) is 2.13. The van der Waals surface area contributed by atoms with Crippen LogP contribution in [-0.2, 0) is 0 Å². The summed E-state index contributed by atoms with van der Waals surface area (Å²) in [6.45, 7) is 3.91. The number of aromatic nitrogens is 2. The quantitative estimate of drug-likeness (QED) is 0.776. The molecule has 102 valence electrons. The highest BCUT2D eigenvalue weighted by molar-refractivity contribution is 5.75. The number of para-hydroxylation sites is 1. The summed E-state index contributed by atoms with van der Waals surface area (Å²) in [6.07, 6.45) is -0.230. The van der Waals surface area contributed by atoms with Gasteiger partial charge in [-0.25, -0.2) is 9.37 Å². The lowest BCUT2D eigenvalue weighted by molar-refractivity contribution is 0.216. The number of aryl methyl sites for hydroxylation is 1. The average Bonchev–Trinajstić information content (AvgIpc) is 2.84. The van der Waals surface area contributed by atoms with E-state index in [9.17, 15) is 4.39 Å². The number of H-pyrrole nitrogens is 1. The zero-order valence-corrected chi connectivity index (χ0v) is 11.4. The van der Waals surface area contributed by atoms with Gasteiger partial charge in [-0.05, 0) is 43.7 Å². The monoisotopic (exact) mass is 270 g/mol. The van der Waals surface area contributed by atoms with Crippen molar-refractivity contribution in [3.8, 4) is 5.75 Å². The first-order valence-corrected chi connectivity index (χ1v) is 6.51. The van der Waals surface area contributed by atoms with Gasteiger partial charge in [0.1, 0.15) is 17.4 Å². The van der Waals surface area contributed by atoms with Crippen LogP contribution in [0.2, 0.25) is 0 Å². The molecule has 3 rings (SSSR count). The van der Waals surface area contributed by atoms with Crippen molar-refractivity contribution in [1.29, 1.82) is 0 Å². The van der Waals surface area contributed by atoms with Crippen LogP contribution in [0.3, 0.4) is 0 Å². The van der Waals surface area contributed by atoms with Crippen LogP contribution in [0.15, 0.2) is 42.5 Å². The zero-order valence-electron chi connectivity index (χ0n) is 11.4. The lowest BCUT2D eigenvalue weighted by Crippen LogP contribution is -2.05. The maximum atomic E-state index is 13.2. The fourth-order valence-corrected chi connectivity index (χ4v) is 2.13. The highest BCUT2D eigenvalue weighted by atomic mass is 19.1. The van der Waals surface area contributed by atoms with Gasteiger partial charge in [0.05, 0.1) is 11.0 Å². The predicted octanol–water partition coefficient (Wildman–Crippen LogP) is 4.15. The Morgan fingerprint density at radius 3 is 2.80 bits per heavy atom. The van der Waals surface area contributed by atoms with Crippen LogP contribution in [0.4, 0.5) is 4.39 Å². The van der Waals surface area contributed by atoms with Gasteiger partial charge in [0.2, 0.25) is 0 Å². The van der Waals surface area contributed by atoms with Crippen LogP contribution in [0.5, 0.6) is 5.75 Å². The number of benzene rings is 2. The van der Waals surface area contributed by atoms with Crippen LogP contribution in [0.25, 0.3) is 11.0 Å². The molecule has 3 aromatic rings. The average molecular weight is 270 g/mol. The van der Waals surface area contributed by atoms with Crippen LogP contribution in [-0.4, -0.2) is 9.97 Å². The molecule has 0 aliphatic rings. The molecule has 0 saturated carbocycles. The van der Waals surface area contributed by atoms with E-state index < -0.39 is 0 Å². The van der Waals surface area contributed by atoms with E-state index in [0.29, 0.717) is 11.3 Å². The molecule has 1 N–H and O–H groups in total. The molecular formula is C16H15FN2O. The van der Waals surface area contributed by atoms with Crippen LogP contribution >= 0.6 is 0 Å². The number of imidazole rings is 1. The standard InChI is InChI=1S/C16H15FN2O/c1-10-5-3-4-6-15(10)20-11(2)16-18-13-8-7-12(17)9-14(13)19-16/h3-9,11H,1-2H3,(H,18,19). The summed E-state index contributed by atoms with van der Waals surface area (Å²) in [4.78, 5) is 7.53. The number of hydrogen-bond donors (Lipinski definition) is 1. The molecule has 0 bridgehead atoms. The first kappa shape index (κ1) is 12.7. The molecule has 0 fully saturated rings. The first-order valence-electron chi connectivity index (χ1n) is 6.51. The van der Waals surface area contributed by atoms with E-state index in [1.165, 1.54) is 12.1 Å². The Labute approximate surface area is 116 Å². The number of fused-ring (bicyclic) bond motifs is 1. The normalized spacial score (nSPS) is 12.6. The molecule has 1 unspecified atom stereocenters. The van der Waals surface area contributed by atoms with Gasteiger partial charge < -0.3 is 9.72 Å². The number of nitrogens with one attached hydrogen (secondary N) is 1. The van der Waals surface area contributed by atoms with Crippen molar-refractivity contribution >= 4 is 11.0 Å². The summed E-state index contributed by atoms with van der Waals surface area (Å²) in [5.74, 6) is 1.24. The minimum atomic E-state index is -0.278. The maximum Gasteiger partial charge on any atom is 0.153 e. The second-order valence-electron chi connectivity index (χ2n) is 4.81. The van der Waals surface area contributed by atoms with Crippen molar-refractivity contribution in [2.45, 2.75) is 20.0 Å². The molecule has 0 aliphatic heterocycles. The predicted molar refractivity (Wildman–Crippen MR) is 76.3 cm³/mol. The van der Waals surface area contributed by atoms with Gasteiger partial charge in [0.15, 0.2) is 6.10 Å². The third-order valence-corrected chi connectivity index (χ3v) is 3.24. The molecule has 0 aliphatic carbocycles. The van der Waals surface area contributed by atoms with Gasteiger partial charge in [-0.3, -0.25) is 0 Å². The Morgan fingerprint density at radius 1 is 1.20 bits per heavy atom. The molecule has 1 heterocycles.